The number of rotatable bonds is 11. The number of ether oxygens (including phenoxy) is 1. The lowest BCUT2D eigenvalue weighted by molar-refractivity contribution is 0.0646. The van der Waals surface area contributed by atoms with Gasteiger partial charge in [-0.1, -0.05) is 30.3 Å². The van der Waals surface area contributed by atoms with E-state index in [0.717, 1.165) is 51.6 Å². The van der Waals surface area contributed by atoms with E-state index in [-0.39, 0.29) is 6.10 Å². The Morgan fingerprint density at radius 3 is 2.74 bits per heavy atom. The molecule has 0 fully saturated rings. The van der Waals surface area contributed by atoms with Gasteiger partial charge in [0.1, 0.15) is 0 Å². The van der Waals surface area contributed by atoms with E-state index < -0.39 is 0 Å². The van der Waals surface area contributed by atoms with Crippen molar-refractivity contribution in [3.63, 3.8) is 0 Å². The van der Waals surface area contributed by atoms with E-state index in [2.05, 4.69) is 59.8 Å². The second-order valence-electron chi connectivity index (χ2n) is 6.60. The molecule has 1 aromatic carbocycles. The van der Waals surface area contributed by atoms with Crippen molar-refractivity contribution in [3.05, 3.63) is 53.9 Å². The van der Waals surface area contributed by atoms with Gasteiger partial charge < -0.3 is 15.4 Å². The molecule has 0 radical (unpaired) electrons. The van der Waals surface area contributed by atoms with Crippen LogP contribution in [-0.4, -0.2) is 42.0 Å². The average Bonchev–Trinajstić information content (AvgIpc) is 3.10. The van der Waals surface area contributed by atoms with Crippen molar-refractivity contribution in [3.8, 4) is 0 Å². The lowest BCUT2D eigenvalue weighted by Crippen LogP contribution is -2.38. The summed E-state index contributed by atoms with van der Waals surface area (Å²) in [4.78, 5) is 4.63. The van der Waals surface area contributed by atoms with E-state index in [1.165, 1.54) is 11.1 Å². The number of hydrogen-bond acceptors (Lipinski definition) is 3. The summed E-state index contributed by atoms with van der Waals surface area (Å²) >= 11 is 0. The third-order valence-electron chi connectivity index (χ3n) is 4.17. The third kappa shape index (κ3) is 8.26. The van der Waals surface area contributed by atoms with Crippen LogP contribution >= 0.6 is 0 Å². The SMILES string of the molecule is CCNC(=NCCCn1cc(C)cn1)NCCCOC(C)c1ccccc1. The molecular formula is C21H33N5O. The Balaban J connectivity index is 1.61. The molecule has 1 aromatic heterocycles. The lowest BCUT2D eigenvalue weighted by Gasteiger charge is -2.14. The van der Waals surface area contributed by atoms with Gasteiger partial charge in [0.2, 0.25) is 0 Å². The van der Waals surface area contributed by atoms with Crippen LogP contribution in [0.5, 0.6) is 0 Å². The Hall–Kier alpha value is -2.34. The Bertz CT molecular complexity index is 668. The highest BCUT2D eigenvalue weighted by atomic mass is 16.5. The van der Waals surface area contributed by atoms with Crippen molar-refractivity contribution in [2.75, 3.05) is 26.2 Å². The molecule has 0 bridgehead atoms. The monoisotopic (exact) mass is 371 g/mol. The highest BCUT2D eigenvalue weighted by molar-refractivity contribution is 5.79. The molecular weight excluding hydrogens is 338 g/mol. The van der Waals surface area contributed by atoms with Crippen molar-refractivity contribution in [1.29, 1.82) is 0 Å². The van der Waals surface area contributed by atoms with Crippen LogP contribution in [0.25, 0.3) is 0 Å². The Labute approximate surface area is 163 Å². The van der Waals surface area contributed by atoms with Crippen LogP contribution in [0, 0.1) is 6.92 Å². The fourth-order valence-electron chi connectivity index (χ4n) is 2.71. The fourth-order valence-corrected chi connectivity index (χ4v) is 2.71. The van der Waals surface area contributed by atoms with E-state index >= 15 is 0 Å². The van der Waals surface area contributed by atoms with E-state index in [9.17, 15) is 0 Å². The van der Waals surface area contributed by atoms with Crippen LogP contribution in [0.15, 0.2) is 47.7 Å². The normalized spacial score (nSPS) is 12.8. The molecule has 0 aliphatic heterocycles. The molecule has 27 heavy (non-hydrogen) atoms. The van der Waals surface area contributed by atoms with Gasteiger partial charge >= 0.3 is 0 Å². The molecule has 0 saturated heterocycles. The van der Waals surface area contributed by atoms with Crippen molar-refractivity contribution in [1.82, 2.24) is 20.4 Å². The van der Waals surface area contributed by atoms with Gasteiger partial charge in [0.05, 0.1) is 12.3 Å². The number of aliphatic imine (C=N–C) groups is 1. The van der Waals surface area contributed by atoms with E-state index in [1.54, 1.807) is 0 Å². The molecule has 1 unspecified atom stereocenters. The molecule has 6 nitrogen and oxygen atoms in total. The minimum atomic E-state index is 0.124. The maximum absolute atomic E-state index is 5.91. The number of guanidine groups is 1. The second kappa shape index (κ2) is 12.1. The van der Waals surface area contributed by atoms with Gasteiger partial charge in [0.25, 0.3) is 0 Å². The highest BCUT2D eigenvalue weighted by Gasteiger charge is 2.04. The summed E-state index contributed by atoms with van der Waals surface area (Å²) in [7, 11) is 0. The molecule has 1 atom stereocenters. The Kier molecular flexibility index (Phi) is 9.41. The highest BCUT2D eigenvalue weighted by Crippen LogP contribution is 2.15. The molecule has 2 aromatic rings. The van der Waals surface area contributed by atoms with Crippen LogP contribution in [0.3, 0.4) is 0 Å². The molecule has 0 amide bonds. The van der Waals surface area contributed by atoms with Crippen LogP contribution in [0.2, 0.25) is 0 Å². The van der Waals surface area contributed by atoms with Crippen molar-refractivity contribution < 1.29 is 4.74 Å². The quantitative estimate of drug-likeness (QED) is 0.361. The van der Waals surface area contributed by atoms with Crippen molar-refractivity contribution in [2.45, 2.75) is 46.3 Å². The summed E-state index contributed by atoms with van der Waals surface area (Å²) in [6.07, 6.45) is 5.97. The van der Waals surface area contributed by atoms with Crippen LogP contribution in [-0.2, 0) is 11.3 Å². The summed E-state index contributed by atoms with van der Waals surface area (Å²) in [5, 5.41) is 11.0. The largest absolute Gasteiger partial charge is 0.374 e. The summed E-state index contributed by atoms with van der Waals surface area (Å²) in [6.45, 7) is 10.3. The first kappa shape index (κ1) is 21.0. The number of nitrogens with zero attached hydrogens (tertiary/aromatic N) is 3. The summed E-state index contributed by atoms with van der Waals surface area (Å²) in [6, 6.07) is 10.3. The first-order valence-corrected chi connectivity index (χ1v) is 9.87. The Morgan fingerprint density at radius 1 is 1.22 bits per heavy atom. The van der Waals surface area contributed by atoms with Crippen molar-refractivity contribution in [2.24, 2.45) is 4.99 Å². The molecule has 0 aliphatic carbocycles. The van der Waals surface area contributed by atoms with Gasteiger partial charge in [-0.2, -0.15) is 5.10 Å². The summed E-state index contributed by atoms with van der Waals surface area (Å²) < 4.78 is 7.88. The average molecular weight is 372 g/mol. The molecule has 0 aliphatic rings. The minimum absolute atomic E-state index is 0.124. The molecule has 0 spiro atoms. The molecule has 148 valence electrons. The third-order valence-corrected chi connectivity index (χ3v) is 4.17. The number of nitrogens with one attached hydrogen (secondary N) is 2. The molecule has 2 N–H and O–H groups in total. The number of aryl methyl sites for hydroxylation is 2. The molecule has 0 saturated carbocycles. The summed E-state index contributed by atoms with van der Waals surface area (Å²) in [5.74, 6) is 0.866. The molecule has 2 rings (SSSR count). The van der Waals surface area contributed by atoms with Crippen LogP contribution in [0.4, 0.5) is 0 Å². The smallest absolute Gasteiger partial charge is 0.191 e. The second-order valence-corrected chi connectivity index (χ2v) is 6.60. The zero-order valence-electron chi connectivity index (χ0n) is 16.8. The molecule has 1 heterocycles. The van der Waals surface area contributed by atoms with Gasteiger partial charge in [-0.25, -0.2) is 0 Å². The molecule has 6 heteroatoms. The van der Waals surface area contributed by atoms with Gasteiger partial charge in [0, 0.05) is 39.0 Å². The standard InChI is InChI=1S/C21H33N5O/c1-4-22-21(23-12-8-14-26-17-18(2)16-25-26)24-13-9-15-27-19(3)20-10-6-5-7-11-20/h5-7,10-11,16-17,19H,4,8-9,12-15H2,1-3H3,(H2,22,23,24). The van der Waals surface area contributed by atoms with E-state index in [1.807, 2.05) is 29.1 Å². The van der Waals surface area contributed by atoms with Gasteiger partial charge in [-0.3, -0.25) is 9.67 Å². The number of benzene rings is 1. The topological polar surface area (TPSA) is 63.5 Å². The lowest BCUT2D eigenvalue weighted by atomic mass is 10.1. The van der Waals surface area contributed by atoms with Gasteiger partial charge in [-0.05, 0) is 44.7 Å². The predicted octanol–water partition coefficient (Wildman–Crippen LogP) is 3.30. The van der Waals surface area contributed by atoms with E-state index in [4.69, 9.17) is 4.74 Å². The zero-order chi connectivity index (χ0) is 19.3. The van der Waals surface area contributed by atoms with Crippen LogP contribution in [0.1, 0.15) is 43.9 Å². The fraction of sp³-hybridized carbons (Fsp3) is 0.524. The number of hydrogen-bond donors (Lipinski definition) is 2. The van der Waals surface area contributed by atoms with E-state index in [0.29, 0.717) is 0 Å². The first-order valence-electron chi connectivity index (χ1n) is 9.87. The zero-order valence-corrected chi connectivity index (χ0v) is 16.8. The minimum Gasteiger partial charge on any atom is -0.374 e. The number of aromatic nitrogens is 2. The summed E-state index contributed by atoms with van der Waals surface area (Å²) in [5.41, 5.74) is 2.41. The Morgan fingerprint density at radius 2 is 2.04 bits per heavy atom. The van der Waals surface area contributed by atoms with Crippen LogP contribution < -0.4 is 10.6 Å². The predicted molar refractivity (Wildman–Crippen MR) is 111 cm³/mol. The first-order chi connectivity index (χ1) is 13.2. The maximum Gasteiger partial charge on any atom is 0.191 e. The van der Waals surface area contributed by atoms with Crippen molar-refractivity contribution >= 4 is 5.96 Å². The maximum atomic E-state index is 5.91. The van der Waals surface area contributed by atoms with Gasteiger partial charge in [-0.15, -0.1) is 0 Å². The van der Waals surface area contributed by atoms with Gasteiger partial charge in [0.15, 0.2) is 5.96 Å².